The Bertz CT molecular complexity index is 1230. The molecule has 1 fully saturated rings. The zero-order valence-corrected chi connectivity index (χ0v) is 18.1. The maximum absolute atomic E-state index is 13.2. The summed E-state index contributed by atoms with van der Waals surface area (Å²) in [5, 5.41) is 8.50. The number of nitrogens with zero attached hydrogens (tertiary/aromatic N) is 3. The van der Waals surface area contributed by atoms with Gasteiger partial charge in [0.05, 0.1) is 16.8 Å². The van der Waals surface area contributed by atoms with E-state index in [9.17, 15) is 4.79 Å². The maximum atomic E-state index is 13.2. The van der Waals surface area contributed by atoms with Crippen molar-refractivity contribution in [3.05, 3.63) is 89.4 Å². The number of rotatable bonds is 5. The monoisotopic (exact) mass is 426 g/mol. The van der Waals surface area contributed by atoms with Gasteiger partial charge in [-0.1, -0.05) is 18.2 Å². The van der Waals surface area contributed by atoms with E-state index in [0.29, 0.717) is 18.8 Å². The molecule has 5 rings (SSSR count). The molecule has 1 N–H and O–H groups in total. The second-order valence-electron chi connectivity index (χ2n) is 8.26. The van der Waals surface area contributed by atoms with Crippen molar-refractivity contribution in [3.63, 3.8) is 0 Å². The topological polar surface area (TPSA) is 69.0 Å². The predicted molar refractivity (Wildman–Crippen MR) is 124 cm³/mol. The quantitative estimate of drug-likeness (QED) is 0.519. The first-order valence-corrected chi connectivity index (χ1v) is 11.0. The number of amides is 1. The third kappa shape index (κ3) is 4.14. The molecule has 6 heteroatoms. The Labute approximate surface area is 187 Å². The van der Waals surface area contributed by atoms with E-state index in [4.69, 9.17) is 4.74 Å². The van der Waals surface area contributed by atoms with Crippen molar-refractivity contribution in [2.75, 3.05) is 13.2 Å². The third-order valence-corrected chi connectivity index (χ3v) is 6.17. The Morgan fingerprint density at radius 1 is 1.12 bits per heavy atom. The standard InChI is InChI=1S/C26H26N4O2/c1-18-20(16-19-5-7-22(8-6-19)30-13-3-12-28-30)17-24(25-23(18)4-2-11-27-25)26(31)29-21-9-14-32-15-10-21/h2-8,11-13,17,21H,9-10,14-16H2,1H3,(H,29,31). The molecule has 2 aromatic carbocycles. The van der Waals surface area contributed by atoms with Gasteiger partial charge in [0.25, 0.3) is 5.91 Å². The van der Waals surface area contributed by atoms with Crippen molar-refractivity contribution < 1.29 is 9.53 Å². The summed E-state index contributed by atoms with van der Waals surface area (Å²) < 4.78 is 7.26. The van der Waals surface area contributed by atoms with E-state index in [2.05, 4.69) is 46.6 Å². The fraction of sp³-hybridized carbons (Fsp3) is 0.269. The van der Waals surface area contributed by atoms with Gasteiger partial charge in [-0.05, 0) is 73.2 Å². The Hall–Kier alpha value is -3.51. The lowest BCUT2D eigenvalue weighted by molar-refractivity contribution is 0.0697. The Kier molecular flexibility index (Phi) is 5.69. The third-order valence-electron chi connectivity index (χ3n) is 6.17. The maximum Gasteiger partial charge on any atom is 0.253 e. The van der Waals surface area contributed by atoms with Crippen LogP contribution in [0.2, 0.25) is 0 Å². The summed E-state index contributed by atoms with van der Waals surface area (Å²) in [5.74, 6) is -0.0594. The number of ether oxygens (including phenoxy) is 1. The van der Waals surface area contributed by atoms with E-state index in [1.807, 2.05) is 35.1 Å². The molecule has 1 aliphatic rings. The molecule has 1 amide bonds. The van der Waals surface area contributed by atoms with Crippen LogP contribution >= 0.6 is 0 Å². The molecule has 0 atom stereocenters. The molecule has 1 saturated heterocycles. The van der Waals surface area contributed by atoms with E-state index in [1.165, 1.54) is 5.56 Å². The minimum absolute atomic E-state index is 0.0594. The first-order valence-electron chi connectivity index (χ1n) is 11.0. The second kappa shape index (κ2) is 8.93. The van der Waals surface area contributed by atoms with Crippen LogP contribution in [0.4, 0.5) is 0 Å². The first-order chi connectivity index (χ1) is 15.7. The number of pyridine rings is 1. The van der Waals surface area contributed by atoms with Crippen molar-refractivity contribution >= 4 is 16.8 Å². The lowest BCUT2D eigenvalue weighted by Crippen LogP contribution is -2.39. The number of carbonyl (C=O) groups is 1. The van der Waals surface area contributed by atoms with Crippen LogP contribution in [0, 0.1) is 6.92 Å². The van der Waals surface area contributed by atoms with Crippen molar-refractivity contribution in [1.82, 2.24) is 20.1 Å². The molecule has 162 valence electrons. The molecular formula is C26H26N4O2. The normalized spacial score (nSPS) is 14.5. The smallest absolute Gasteiger partial charge is 0.253 e. The molecule has 32 heavy (non-hydrogen) atoms. The largest absolute Gasteiger partial charge is 0.381 e. The fourth-order valence-corrected chi connectivity index (χ4v) is 4.32. The molecule has 0 spiro atoms. The number of carbonyl (C=O) groups excluding carboxylic acids is 1. The van der Waals surface area contributed by atoms with Gasteiger partial charge in [0, 0.05) is 43.2 Å². The van der Waals surface area contributed by atoms with Gasteiger partial charge in [-0.2, -0.15) is 5.10 Å². The minimum Gasteiger partial charge on any atom is -0.381 e. The molecule has 3 heterocycles. The minimum atomic E-state index is -0.0594. The molecule has 1 aliphatic heterocycles. The summed E-state index contributed by atoms with van der Waals surface area (Å²) in [6.07, 6.45) is 7.89. The van der Waals surface area contributed by atoms with Crippen LogP contribution in [0.1, 0.15) is 39.9 Å². The number of nitrogens with one attached hydrogen (secondary N) is 1. The van der Waals surface area contributed by atoms with Gasteiger partial charge in [0.2, 0.25) is 0 Å². The van der Waals surface area contributed by atoms with E-state index in [1.54, 1.807) is 12.4 Å². The van der Waals surface area contributed by atoms with Crippen LogP contribution in [-0.4, -0.2) is 39.9 Å². The van der Waals surface area contributed by atoms with Crippen molar-refractivity contribution in [2.24, 2.45) is 0 Å². The predicted octanol–water partition coefficient (Wildman–Crippen LogP) is 4.23. The van der Waals surface area contributed by atoms with E-state index < -0.39 is 0 Å². The van der Waals surface area contributed by atoms with Gasteiger partial charge in [-0.25, -0.2) is 4.68 Å². The van der Waals surface area contributed by atoms with Gasteiger partial charge < -0.3 is 10.1 Å². The Balaban J connectivity index is 1.46. The van der Waals surface area contributed by atoms with Crippen LogP contribution in [0.5, 0.6) is 0 Å². The average molecular weight is 427 g/mol. The Morgan fingerprint density at radius 3 is 2.69 bits per heavy atom. The van der Waals surface area contributed by atoms with Gasteiger partial charge in [-0.15, -0.1) is 0 Å². The number of aromatic nitrogens is 3. The molecule has 0 unspecified atom stereocenters. The highest BCUT2D eigenvalue weighted by molar-refractivity contribution is 6.06. The number of hydrogen-bond acceptors (Lipinski definition) is 4. The number of hydrogen-bond donors (Lipinski definition) is 1. The van der Waals surface area contributed by atoms with Gasteiger partial charge in [-0.3, -0.25) is 9.78 Å². The highest BCUT2D eigenvalue weighted by Gasteiger charge is 2.20. The summed E-state index contributed by atoms with van der Waals surface area (Å²) in [6, 6.07) is 16.4. The zero-order chi connectivity index (χ0) is 21.9. The molecular weight excluding hydrogens is 400 g/mol. The van der Waals surface area contributed by atoms with Crippen LogP contribution in [0.15, 0.2) is 67.1 Å². The molecule has 0 radical (unpaired) electrons. The number of fused-ring (bicyclic) bond motifs is 1. The lowest BCUT2D eigenvalue weighted by atomic mass is 9.93. The van der Waals surface area contributed by atoms with E-state index in [0.717, 1.165) is 47.0 Å². The molecule has 2 aromatic heterocycles. The highest BCUT2D eigenvalue weighted by atomic mass is 16.5. The fourth-order valence-electron chi connectivity index (χ4n) is 4.32. The Morgan fingerprint density at radius 2 is 1.94 bits per heavy atom. The van der Waals surface area contributed by atoms with Gasteiger partial charge in [0.1, 0.15) is 0 Å². The first kappa shape index (κ1) is 20.4. The van der Waals surface area contributed by atoms with Crippen molar-refractivity contribution in [1.29, 1.82) is 0 Å². The summed E-state index contributed by atoms with van der Waals surface area (Å²) in [4.78, 5) is 17.8. The van der Waals surface area contributed by atoms with Crippen molar-refractivity contribution in [2.45, 2.75) is 32.2 Å². The molecule has 4 aromatic rings. The van der Waals surface area contributed by atoms with Crippen LogP contribution in [0.25, 0.3) is 16.6 Å². The second-order valence-corrected chi connectivity index (χ2v) is 8.26. The summed E-state index contributed by atoms with van der Waals surface area (Å²) in [6.45, 7) is 3.49. The van der Waals surface area contributed by atoms with Crippen molar-refractivity contribution in [3.8, 4) is 5.69 Å². The molecule has 0 saturated carbocycles. The molecule has 0 bridgehead atoms. The SMILES string of the molecule is Cc1c(Cc2ccc(-n3cccn3)cc2)cc(C(=O)NC2CCOCC2)c2ncccc12. The highest BCUT2D eigenvalue weighted by Crippen LogP contribution is 2.27. The summed E-state index contributed by atoms with van der Waals surface area (Å²) in [5.41, 5.74) is 5.90. The van der Waals surface area contributed by atoms with E-state index >= 15 is 0 Å². The zero-order valence-electron chi connectivity index (χ0n) is 18.1. The van der Waals surface area contributed by atoms with Crippen LogP contribution in [-0.2, 0) is 11.2 Å². The molecule has 6 nitrogen and oxygen atoms in total. The van der Waals surface area contributed by atoms with Crippen LogP contribution in [0.3, 0.4) is 0 Å². The molecule has 0 aliphatic carbocycles. The van der Waals surface area contributed by atoms with Gasteiger partial charge in [0.15, 0.2) is 0 Å². The lowest BCUT2D eigenvalue weighted by Gasteiger charge is -2.23. The average Bonchev–Trinajstić information content (AvgIpc) is 3.37. The van der Waals surface area contributed by atoms with Crippen LogP contribution < -0.4 is 5.32 Å². The van der Waals surface area contributed by atoms with E-state index in [-0.39, 0.29) is 11.9 Å². The summed E-state index contributed by atoms with van der Waals surface area (Å²) in [7, 11) is 0. The summed E-state index contributed by atoms with van der Waals surface area (Å²) >= 11 is 0. The number of aryl methyl sites for hydroxylation is 1. The number of benzene rings is 2. The van der Waals surface area contributed by atoms with Gasteiger partial charge >= 0.3 is 0 Å².